The molecule has 0 fully saturated rings. The molecule has 0 saturated heterocycles. The molecule has 0 aliphatic rings. The van der Waals surface area contributed by atoms with Crippen molar-refractivity contribution in [1.82, 2.24) is 15.8 Å². The van der Waals surface area contributed by atoms with Gasteiger partial charge >= 0.3 is 0 Å². The number of carbonyl (C=O) groups excluding carboxylic acids is 3. The Bertz CT molecular complexity index is 1200. The van der Waals surface area contributed by atoms with Gasteiger partial charge < -0.3 is 10.3 Å². The van der Waals surface area contributed by atoms with Crippen LogP contribution in [-0.4, -0.2) is 33.8 Å². The van der Waals surface area contributed by atoms with Gasteiger partial charge in [0.1, 0.15) is 0 Å². The summed E-state index contributed by atoms with van der Waals surface area (Å²) in [5, 5.41) is 13.2. The Balaban J connectivity index is 1.93. The smallest absolute Gasteiger partial charge is 0.247 e. The van der Waals surface area contributed by atoms with E-state index in [0.717, 1.165) is 16.5 Å². The first kappa shape index (κ1) is 27.9. The van der Waals surface area contributed by atoms with Crippen molar-refractivity contribution in [3.63, 3.8) is 0 Å². The van der Waals surface area contributed by atoms with E-state index < -0.39 is 23.8 Å². The topological polar surface area (TPSA) is 111 Å². The van der Waals surface area contributed by atoms with Gasteiger partial charge in [-0.3, -0.25) is 19.6 Å². The molecule has 0 saturated carbocycles. The Kier molecular flexibility index (Phi) is 10.2. The van der Waals surface area contributed by atoms with Crippen LogP contribution in [0.1, 0.15) is 55.5 Å². The molecule has 0 aliphatic carbocycles. The fourth-order valence-corrected chi connectivity index (χ4v) is 4.84. The molecule has 0 unspecified atom stereocenters. The zero-order valence-electron chi connectivity index (χ0n) is 21.6. The average Bonchev–Trinajstić information content (AvgIpc) is 3.33. The summed E-state index contributed by atoms with van der Waals surface area (Å²) in [6.07, 6.45) is 5.97. The van der Waals surface area contributed by atoms with Crippen LogP contribution in [0.15, 0.2) is 73.4 Å². The lowest BCUT2D eigenvalue weighted by atomic mass is 9.80. The summed E-state index contributed by atoms with van der Waals surface area (Å²) in [5.74, 6) is -2.46. The molecular weight excluding hydrogens is 466 g/mol. The van der Waals surface area contributed by atoms with E-state index in [9.17, 15) is 19.6 Å². The number of ketones is 1. The minimum Gasteiger partial charge on any atom is -0.360 e. The maximum atomic E-state index is 13.8. The zero-order valence-corrected chi connectivity index (χ0v) is 21.6. The first-order valence-corrected chi connectivity index (χ1v) is 12.8. The molecule has 2 amide bonds. The van der Waals surface area contributed by atoms with E-state index in [0.29, 0.717) is 37.7 Å². The number of para-hydroxylation sites is 1. The van der Waals surface area contributed by atoms with Crippen molar-refractivity contribution < 1.29 is 19.6 Å². The molecule has 1 heterocycles. The van der Waals surface area contributed by atoms with Crippen molar-refractivity contribution >= 4 is 28.5 Å². The second kappa shape index (κ2) is 13.6. The Labute approximate surface area is 218 Å². The number of unbranched alkanes of at least 4 members (excludes halogenated alkanes) is 1. The van der Waals surface area contributed by atoms with Crippen LogP contribution in [0.4, 0.5) is 0 Å². The number of aromatic amines is 1. The molecule has 0 spiro atoms. The summed E-state index contributed by atoms with van der Waals surface area (Å²) < 4.78 is 0. The summed E-state index contributed by atoms with van der Waals surface area (Å²) in [6.45, 7) is 7.69. The number of rotatable bonds is 14. The zero-order chi connectivity index (χ0) is 26.8. The minimum atomic E-state index is -0.824. The van der Waals surface area contributed by atoms with E-state index in [4.69, 9.17) is 0 Å². The molecule has 7 nitrogen and oxygen atoms in total. The number of amides is 2. The van der Waals surface area contributed by atoms with E-state index in [1.807, 2.05) is 68.4 Å². The van der Waals surface area contributed by atoms with Crippen molar-refractivity contribution in [2.75, 3.05) is 0 Å². The largest absolute Gasteiger partial charge is 0.360 e. The van der Waals surface area contributed by atoms with Crippen LogP contribution >= 0.6 is 0 Å². The Hall–Kier alpha value is -3.71. The SMILES string of the molecule is C=CCCC[C@@H](C(=O)NO)[C@@H](CC(C)C)C(=O)N[C@H](Cc1ccccc1)C(=O)c1c[nH]c2ccccc12. The molecule has 4 N–H and O–H groups in total. The standard InChI is InChI=1S/C30H37N3O4/c1-4-5-7-15-23(30(36)33-37)24(17-20(2)3)29(35)32-27(18-21-12-8-6-9-13-21)28(34)25-19-31-26-16-11-10-14-22(25)26/h4,6,8-14,16,19-20,23-24,27,31,37H,1,5,7,15,17-18H2,2-3H3,(H,32,35)(H,33,36)/t23-,24-,27-/m1/s1. The summed E-state index contributed by atoms with van der Waals surface area (Å²) in [5.41, 5.74) is 4.01. The Morgan fingerprint density at radius 3 is 2.38 bits per heavy atom. The third-order valence-corrected chi connectivity index (χ3v) is 6.69. The van der Waals surface area contributed by atoms with Gasteiger partial charge in [-0.1, -0.05) is 68.5 Å². The number of hydrogen-bond acceptors (Lipinski definition) is 4. The maximum absolute atomic E-state index is 13.8. The number of nitrogens with one attached hydrogen (secondary N) is 3. The lowest BCUT2D eigenvalue weighted by Crippen LogP contribution is -2.48. The van der Waals surface area contributed by atoms with Crippen LogP contribution < -0.4 is 10.8 Å². The molecule has 3 atom stereocenters. The fourth-order valence-electron chi connectivity index (χ4n) is 4.84. The number of fused-ring (bicyclic) bond motifs is 1. The average molecular weight is 504 g/mol. The van der Waals surface area contributed by atoms with E-state index in [2.05, 4.69) is 16.9 Å². The summed E-state index contributed by atoms with van der Waals surface area (Å²) in [6, 6.07) is 16.3. The predicted octanol–water partition coefficient (Wildman–Crippen LogP) is 5.22. The Morgan fingerprint density at radius 2 is 1.70 bits per heavy atom. The Morgan fingerprint density at radius 1 is 1.00 bits per heavy atom. The molecule has 1 aromatic heterocycles. The summed E-state index contributed by atoms with van der Waals surface area (Å²) >= 11 is 0. The van der Waals surface area contributed by atoms with Gasteiger partial charge in [0.2, 0.25) is 11.8 Å². The van der Waals surface area contributed by atoms with E-state index in [-0.39, 0.29) is 17.6 Å². The highest BCUT2D eigenvalue weighted by Crippen LogP contribution is 2.27. The molecule has 0 aliphatic heterocycles. The fraction of sp³-hybridized carbons (Fsp3) is 0.367. The third kappa shape index (κ3) is 7.40. The van der Waals surface area contributed by atoms with E-state index >= 15 is 0 Å². The molecule has 196 valence electrons. The predicted molar refractivity (Wildman–Crippen MR) is 145 cm³/mol. The lowest BCUT2D eigenvalue weighted by Gasteiger charge is -2.28. The van der Waals surface area contributed by atoms with Crippen molar-refractivity contribution in [1.29, 1.82) is 0 Å². The van der Waals surface area contributed by atoms with Crippen LogP contribution in [0.3, 0.4) is 0 Å². The van der Waals surface area contributed by atoms with Gasteiger partial charge in [0.25, 0.3) is 0 Å². The van der Waals surface area contributed by atoms with Crippen molar-refractivity contribution in [2.45, 2.75) is 52.0 Å². The molecule has 0 bridgehead atoms. The number of allylic oxidation sites excluding steroid dienone is 1. The molecule has 37 heavy (non-hydrogen) atoms. The molecular formula is C30H37N3O4. The third-order valence-electron chi connectivity index (χ3n) is 6.69. The summed E-state index contributed by atoms with van der Waals surface area (Å²) in [7, 11) is 0. The van der Waals surface area contributed by atoms with Gasteiger partial charge in [0, 0.05) is 35.0 Å². The number of hydrogen-bond donors (Lipinski definition) is 4. The number of benzene rings is 2. The number of hydroxylamine groups is 1. The molecule has 3 aromatic rings. The maximum Gasteiger partial charge on any atom is 0.247 e. The van der Waals surface area contributed by atoms with Crippen LogP contribution in [0.25, 0.3) is 10.9 Å². The number of H-pyrrole nitrogens is 1. The van der Waals surface area contributed by atoms with Gasteiger partial charge in [0.15, 0.2) is 5.78 Å². The van der Waals surface area contributed by atoms with Crippen LogP contribution in [0.5, 0.6) is 0 Å². The molecule has 0 radical (unpaired) electrons. The second-order valence-electron chi connectivity index (χ2n) is 9.90. The lowest BCUT2D eigenvalue weighted by molar-refractivity contribution is -0.141. The van der Waals surface area contributed by atoms with Crippen molar-refractivity contribution in [3.05, 3.63) is 84.6 Å². The van der Waals surface area contributed by atoms with Gasteiger partial charge in [-0.05, 0) is 43.2 Å². The van der Waals surface area contributed by atoms with Crippen LogP contribution in [0, 0.1) is 17.8 Å². The van der Waals surface area contributed by atoms with E-state index in [1.54, 1.807) is 17.8 Å². The first-order valence-electron chi connectivity index (χ1n) is 12.8. The molecule has 2 aromatic carbocycles. The quantitative estimate of drug-likeness (QED) is 0.0795. The van der Waals surface area contributed by atoms with Crippen molar-refractivity contribution in [3.8, 4) is 0 Å². The minimum absolute atomic E-state index is 0.126. The second-order valence-corrected chi connectivity index (χ2v) is 9.90. The first-order chi connectivity index (χ1) is 17.8. The molecule has 7 heteroatoms. The van der Waals surface area contributed by atoms with Crippen LogP contribution in [-0.2, 0) is 16.0 Å². The number of aromatic nitrogens is 1. The van der Waals surface area contributed by atoms with Crippen LogP contribution in [0.2, 0.25) is 0 Å². The van der Waals surface area contributed by atoms with Gasteiger partial charge in [-0.2, -0.15) is 0 Å². The monoisotopic (exact) mass is 503 g/mol. The van der Waals surface area contributed by atoms with Crippen molar-refractivity contribution in [2.24, 2.45) is 17.8 Å². The summed E-state index contributed by atoms with van der Waals surface area (Å²) in [4.78, 5) is 43.3. The van der Waals surface area contributed by atoms with Gasteiger partial charge in [0.05, 0.1) is 12.0 Å². The highest BCUT2D eigenvalue weighted by Gasteiger charge is 2.36. The highest BCUT2D eigenvalue weighted by molar-refractivity contribution is 6.11. The van der Waals surface area contributed by atoms with Gasteiger partial charge in [-0.15, -0.1) is 6.58 Å². The normalized spacial score (nSPS) is 13.6. The van der Waals surface area contributed by atoms with Gasteiger partial charge in [-0.25, -0.2) is 5.48 Å². The van der Waals surface area contributed by atoms with E-state index in [1.165, 1.54) is 0 Å². The number of Topliss-reactive ketones (excluding diaryl/α,β-unsaturated/α-hetero) is 1. The highest BCUT2D eigenvalue weighted by atomic mass is 16.5. The molecule has 3 rings (SSSR count). The number of carbonyl (C=O) groups is 3.